The molecule has 0 atom stereocenters. The van der Waals surface area contributed by atoms with E-state index in [9.17, 15) is 9.18 Å². The van der Waals surface area contributed by atoms with Crippen molar-refractivity contribution >= 4 is 21.8 Å². The van der Waals surface area contributed by atoms with Crippen molar-refractivity contribution in [1.82, 2.24) is 0 Å². The molecule has 3 N–H and O–H groups in total. The van der Waals surface area contributed by atoms with E-state index in [1.165, 1.54) is 6.07 Å². The first-order valence-corrected chi connectivity index (χ1v) is 3.80. The molecule has 5 heteroatoms. The Balaban J connectivity index is 3.36. The average Bonchev–Trinajstić information content (AvgIpc) is 2.00. The fourth-order valence-electron chi connectivity index (χ4n) is 0.730. The average molecular weight is 234 g/mol. The number of amides is 1. The number of carbonyl (C=O) groups excluding carboxylic acids is 1. The summed E-state index contributed by atoms with van der Waals surface area (Å²) in [6.07, 6.45) is 0. The Morgan fingerprint density at radius 3 is 2.67 bits per heavy atom. The highest BCUT2D eigenvalue weighted by molar-refractivity contribution is 9.10. The van der Waals surface area contributed by atoms with Crippen LogP contribution in [0.15, 0.2) is 16.6 Å². The molecule has 0 saturated carbocycles. The number of nitrogens with two attached hydrogens (primary N) is 1. The van der Waals surface area contributed by atoms with Crippen molar-refractivity contribution in [3.05, 3.63) is 28.0 Å². The molecular weight excluding hydrogens is 229 g/mol. The summed E-state index contributed by atoms with van der Waals surface area (Å²) in [4.78, 5) is 10.6. The van der Waals surface area contributed by atoms with E-state index in [4.69, 9.17) is 10.8 Å². The Morgan fingerprint density at radius 1 is 1.58 bits per heavy atom. The molecule has 1 aromatic carbocycles. The normalized spacial score (nSPS) is 9.83. The Kier molecular flexibility index (Phi) is 2.32. The minimum atomic E-state index is -0.883. The Hall–Kier alpha value is -1.10. The molecule has 0 aliphatic rings. The van der Waals surface area contributed by atoms with Gasteiger partial charge in [-0.1, -0.05) is 0 Å². The highest BCUT2D eigenvalue weighted by Gasteiger charge is 2.13. The first kappa shape index (κ1) is 8.99. The summed E-state index contributed by atoms with van der Waals surface area (Å²) in [6.45, 7) is 0. The van der Waals surface area contributed by atoms with Gasteiger partial charge in [0.15, 0.2) is 11.6 Å². The molecule has 1 amide bonds. The van der Waals surface area contributed by atoms with E-state index in [1.54, 1.807) is 0 Å². The lowest BCUT2D eigenvalue weighted by Gasteiger charge is -2.01. The second-order valence-electron chi connectivity index (χ2n) is 2.12. The third-order valence-electron chi connectivity index (χ3n) is 1.33. The molecule has 1 rings (SSSR count). The monoisotopic (exact) mass is 233 g/mol. The number of aromatic hydroxyl groups is 1. The molecule has 3 nitrogen and oxygen atoms in total. The maximum atomic E-state index is 12.8. The highest BCUT2D eigenvalue weighted by Crippen LogP contribution is 2.27. The number of hydrogen-bond donors (Lipinski definition) is 2. The highest BCUT2D eigenvalue weighted by atomic mass is 79.9. The summed E-state index contributed by atoms with van der Waals surface area (Å²) in [7, 11) is 0. The zero-order chi connectivity index (χ0) is 9.30. The van der Waals surface area contributed by atoms with Gasteiger partial charge in [0.25, 0.3) is 0 Å². The lowest BCUT2D eigenvalue weighted by Crippen LogP contribution is -2.12. The second-order valence-corrected chi connectivity index (χ2v) is 2.92. The van der Waals surface area contributed by atoms with Gasteiger partial charge in [0.2, 0.25) is 5.91 Å². The lowest BCUT2D eigenvalue weighted by atomic mass is 10.2. The van der Waals surface area contributed by atoms with Crippen LogP contribution in [0.3, 0.4) is 0 Å². The van der Waals surface area contributed by atoms with Gasteiger partial charge in [-0.3, -0.25) is 4.79 Å². The first-order chi connectivity index (χ1) is 5.54. The molecular formula is C7H5BrFNO2. The van der Waals surface area contributed by atoms with Crippen LogP contribution in [0, 0.1) is 5.82 Å². The third kappa shape index (κ3) is 1.40. The molecule has 0 radical (unpaired) electrons. The van der Waals surface area contributed by atoms with Crippen molar-refractivity contribution in [3.63, 3.8) is 0 Å². The van der Waals surface area contributed by atoms with Crippen LogP contribution in [-0.2, 0) is 0 Å². The minimum absolute atomic E-state index is 0.00491. The topological polar surface area (TPSA) is 63.3 Å². The molecule has 12 heavy (non-hydrogen) atoms. The van der Waals surface area contributed by atoms with Gasteiger partial charge in [0.05, 0.1) is 10.0 Å². The van der Waals surface area contributed by atoms with Crippen LogP contribution in [-0.4, -0.2) is 11.0 Å². The van der Waals surface area contributed by atoms with Crippen molar-refractivity contribution in [2.45, 2.75) is 0 Å². The van der Waals surface area contributed by atoms with E-state index in [2.05, 4.69) is 15.9 Å². The van der Waals surface area contributed by atoms with Gasteiger partial charge in [0.1, 0.15) is 0 Å². The zero-order valence-electron chi connectivity index (χ0n) is 5.84. The van der Waals surface area contributed by atoms with Crippen molar-refractivity contribution in [2.24, 2.45) is 5.73 Å². The Morgan fingerprint density at radius 2 is 2.17 bits per heavy atom. The molecule has 0 heterocycles. The SMILES string of the molecule is NC(=O)c1ccc(O)c(F)c1Br. The largest absolute Gasteiger partial charge is 0.505 e. The van der Waals surface area contributed by atoms with Crippen LogP contribution in [0.5, 0.6) is 5.75 Å². The van der Waals surface area contributed by atoms with Crippen LogP contribution in [0.25, 0.3) is 0 Å². The second kappa shape index (κ2) is 3.10. The summed E-state index contributed by atoms with van der Waals surface area (Å²) in [6, 6.07) is 2.31. The zero-order valence-corrected chi connectivity index (χ0v) is 7.43. The Bertz CT molecular complexity index is 340. The van der Waals surface area contributed by atoms with E-state index in [-0.39, 0.29) is 10.0 Å². The van der Waals surface area contributed by atoms with Gasteiger partial charge in [-0.05, 0) is 28.1 Å². The van der Waals surface area contributed by atoms with Crippen LogP contribution in [0.1, 0.15) is 10.4 Å². The number of benzene rings is 1. The number of hydrogen-bond acceptors (Lipinski definition) is 2. The maximum absolute atomic E-state index is 12.8. The van der Waals surface area contributed by atoms with Crippen molar-refractivity contribution in [1.29, 1.82) is 0 Å². The van der Waals surface area contributed by atoms with Crippen molar-refractivity contribution in [3.8, 4) is 5.75 Å². The minimum Gasteiger partial charge on any atom is -0.505 e. The van der Waals surface area contributed by atoms with Gasteiger partial charge in [-0.25, -0.2) is 4.39 Å². The molecule has 0 aliphatic carbocycles. The molecule has 0 aliphatic heterocycles. The van der Waals surface area contributed by atoms with Crippen molar-refractivity contribution < 1.29 is 14.3 Å². The number of phenols is 1. The number of halogens is 2. The molecule has 0 bridgehead atoms. The molecule has 0 saturated heterocycles. The lowest BCUT2D eigenvalue weighted by molar-refractivity contribution is 0.0999. The fraction of sp³-hybridized carbons (Fsp3) is 0. The van der Waals surface area contributed by atoms with E-state index in [1.807, 2.05) is 0 Å². The molecule has 0 aromatic heterocycles. The van der Waals surface area contributed by atoms with E-state index >= 15 is 0 Å². The van der Waals surface area contributed by atoms with Crippen molar-refractivity contribution in [2.75, 3.05) is 0 Å². The molecule has 0 unspecified atom stereocenters. The Labute approximate surface area is 76.1 Å². The van der Waals surface area contributed by atoms with Crippen LogP contribution >= 0.6 is 15.9 Å². The van der Waals surface area contributed by atoms with Crippen LogP contribution in [0.2, 0.25) is 0 Å². The van der Waals surface area contributed by atoms with Gasteiger partial charge >= 0.3 is 0 Å². The van der Waals surface area contributed by atoms with E-state index in [0.29, 0.717) is 0 Å². The summed E-state index contributed by atoms with van der Waals surface area (Å²) < 4.78 is 12.7. The van der Waals surface area contributed by atoms with Crippen LogP contribution in [0.4, 0.5) is 4.39 Å². The summed E-state index contributed by atoms with van der Waals surface area (Å²) in [5, 5.41) is 8.85. The van der Waals surface area contributed by atoms with Crippen LogP contribution < -0.4 is 5.73 Å². The molecule has 64 valence electrons. The van der Waals surface area contributed by atoms with Gasteiger partial charge in [0, 0.05) is 0 Å². The number of carbonyl (C=O) groups is 1. The number of rotatable bonds is 1. The number of primary amides is 1. The predicted octanol–water partition coefficient (Wildman–Crippen LogP) is 1.39. The summed E-state index contributed by atoms with van der Waals surface area (Å²) >= 11 is 2.80. The third-order valence-corrected chi connectivity index (χ3v) is 2.10. The summed E-state index contributed by atoms with van der Waals surface area (Å²) in [5.74, 6) is -2.15. The predicted molar refractivity (Wildman–Crippen MR) is 44.3 cm³/mol. The van der Waals surface area contributed by atoms with Gasteiger partial charge in [-0.15, -0.1) is 0 Å². The van der Waals surface area contributed by atoms with Gasteiger partial charge in [-0.2, -0.15) is 0 Å². The smallest absolute Gasteiger partial charge is 0.249 e. The molecule has 0 fully saturated rings. The van der Waals surface area contributed by atoms with E-state index < -0.39 is 17.5 Å². The first-order valence-electron chi connectivity index (χ1n) is 3.01. The van der Waals surface area contributed by atoms with Gasteiger partial charge < -0.3 is 10.8 Å². The quantitative estimate of drug-likeness (QED) is 0.771. The maximum Gasteiger partial charge on any atom is 0.249 e. The number of phenolic OH excluding ortho intramolecular Hbond substituents is 1. The molecule has 1 aromatic rings. The fourth-order valence-corrected chi connectivity index (χ4v) is 1.26. The summed E-state index contributed by atoms with van der Waals surface area (Å²) in [5.41, 5.74) is 4.92. The standard InChI is InChI=1S/C7H5BrFNO2/c8-5-3(7(10)12)1-2-4(11)6(5)9/h1-2,11H,(H2,10,12). The van der Waals surface area contributed by atoms with E-state index in [0.717, 1.165) is 6.07 Å². The molecule has 0 spiro atoms.